The van der Waals surface area contributed by atoms with Gasteiger partial charge in [-0.15, -0.1) is 0 Å². The predicted octanol–water partition coefficient (Wildman–Crippen LogP) is 3.36. The molecule has 3 rings (SSSR count). The van der Waals surface area contributed by atoms with Crippen LogP contribution in [0.2, 0.25) is 0 Å². The van der Waals surface area contributed by atoms with Crippen LogP contribution < -0.4 is 10.1 Å². The van der Waals surface area contributed by atoms with Crippen molar-refractivity contribution in [1.29, 1.82) is 0 Å². The maximum atomic E-state index is 13.8. The molecule has 0 saturated heterocycles. The number of amides is 1. The summed E-state index contributed by atoms with van der Waals surface area (Å²) in [5.41, 5.74) is 1.23. The molecule has 6 nitrogen and oxygen atoms in total. The fourth-order valence-electron chi connectivity index (χ4n) is 2.03. The number of aryl methyl sites for hydroxylation is 1. The zero-order chi connectivity index (χ0) is 16.9. The van der Waals surface area contributed by atoms with Crippen LogP contribution in [0.5, 0.6) is 11.5 Å². The molecule has 2 aromatic heterocycles. The normalized spacial score (nSPS) is 10.2. The van der Waals surface area contributed by atoms with E-state index >= 15 is 0 Å². The van der Waals surface area contributed by atoms with E-state index in [1.807, 2.05) is 0 Å². The topological polar surface area (TPSA) is 77.0 Å². The van der Waals surface area contributed by atoms with Gasteiger partial charge in [-0.05, 0) is 25.1 Å². The third kappa shape index (κ3) is 3.89. The molecule has 1 aromatic carbocycles. The summed E-state index contributed by atoms with van der Waals surface area (Å²) in [6.45, 7) is 1.78. The number of carbonyl (C=O) groups is 1. The molecule has 0 bridgehead atoms. The van der Waals surface area contributed by atoms with Crippen molar-refractivity contribution in [1.82, 2.24) is 15.0 Å². The molecule has 24 heavy (non-hydrogen) atoms. The second-order valence-corrected chi connectivity index (χ2v) is 4.97. The van der Waals surface area contributed by atoms with Gasteiger partial charge in [-0.25, -0.2) is 19.3 Å². The highest BCUT2D eigenvalue weighted by Crippen LogP contribution is 2.25. The van der Waals surface area contributed by atoms with Crippen molar-refractivity contribution in [3.8, 4) is 11.5 Å². The molecule has 2 heterocycles. The molecule has 0 radical (unpaired) electrons. The van der Waals surface area contributed by atoms with Crippen LogP contribution in [0.15, 0.2) is 55.1 Å². The molecule has 0 atom stereocenters. The van der Waals surface area contributed by atoms with Gasteiger partial charge < -0.3 is 10.1 Å². The largest absolute Gasteiger partial charge is 0.454 e. The van der Waals surface area contributed by atoms with E-state index in [0.717, 1.165) is 5.69 Å². The summed E-state index contributed by atoms with van der Waals surface area (Å²) in [5.74, 6) is -0.395. The van der Waals surface area contributed by atoms with Crippen LogP contribution >= 0.6 is 0 Å². The summed E-state index contributed by atoms with van der Waals surface area (Å²) < 4.78 is 19.2. The second kappa shape index (κ2) is 6.82. The van der Waals surface area contributed by atoms with Gasteiger partial charge in [0.1, 0.15) is 23.6 Å². The maximum absolute atomic E-state index is 13.8. The lowest BCUT2D eigenvalue weighted by atomic mass is 10.2. The molecule has 0 unspecified atom stereocenters. The van der Waals surface area contributed by atoms with Gasteiger partial charge in [0.2, 0.25) is 0 Å². The van der Waals surface area contributed by atoms with Crippen molar-refractivity contribution in [2.45, 2.75) is 6.92 Å². The molecule has 3 aromatic rings. The molecule has 0 spiro atoms. The van der Waals surface area contributed by atoms with Crippen molar-refractivity contribution in [3.63, 3.8) is 0 Å². The Morgan fingerprint density at radius 2 is 1.92 bits per heavy atom. The zero-order valence-electron chi connectivity index (χ0n) is 12.7. The third-order valence-electron chi connectivity index (χ3n) is 3.02. The van der Waals surface area contributed by atoms with Crippen LogP contribution in [0.3, 0.4) is 0 Å². The highest BCUT2D eigenvalue weighted by atomic mass is 19.1. The third-order valence-corrected chi connectivity index (χ3v) is 3.02. The number of hydrogen-bond donors (Lipinski definition) is 1. The number of nitrogens with one attached hydrogen (secondary N) is 1. The first kappa shape index (κ1) is 15.5. The quantitative estimate of drug-likeness (QED) is 0.796. The molecule has 0 aliphatic carbocycles. The summed E-state index contributed by atoms with van der Waals surface area (Å²) in [4.78, 5) is 23.9. The Labute approximate surface area is 137 Å². The number of aromatic nitrogens is 3. The smallest absolute Gasteiger partial charge is 0.274 e. The van der Waals surface area contributed by atoms with Gasteiger partial charge in [-0.3, -0.25) is 4.79 Å². The number of carbonyl (C=O) groups excluding carboxylic acids is 1. The van der Waals surface area contributed by atoms with E-state index in [4.69, 9.17) is 4.74 Å². The van der Waals surface area contributed by atoms with Crippen LogP contribution in [0.1, 0.15) is 16.2 Å². The summed E-state index contributed by atoms with van der Waals surface area (Å²) in [5, 5.41) is 2.60. The number of anilines is 1. The number of nitrogens with zero attached hydrogens (tertiary/aromatic N) is 3. The molecule has 120 valence electrons. The molecule has 1 N–H and O–H groups in total. The first-order valence-electron chi connectivity index (χ1n) is 7.08. The summed E-state index contributed by atoms with van der Waals surface area (Å²) in [6, 6.07) is 9.00. The highest BCUT2D eigenvalue weighted by Gasteiger charge is 2.10. The van der Waals surface area contributed by atoms with E-state index in [1.54, 1.807) is 25.1 Å². The fraction of sp³-hybridized carbons (Fsp3) is 0.0588. The van der Waals surface area contributed by atoms with Gasteiger partial charge in [-0.2, -0.15) is 0 Å². The Bertz CT molecular complexity index is 871. The van der Waals surface area contributed by atoms with Gasteiger partial charge in [0.25, 0.3) is 5.91 Å². The maximum Gasteiger partial charge on any atom is 0.274 e. The van der Waals surface area contributed by atoms with E-state index < -0.39 is 11.7 Å². The first-order chi connectivity index (χ1) is 11.6. The molecule has 1 amide bonds. The number of halogens is 1. The number of benzene rings is 1. The van der Waals surface area contributed by atoms with Crippen LogP contribution in [0.4, 0.5) is 10.1 Å². The van der Waals surface area contributed by atoms with Gasteiger partial charge in [0, 0.05) is 23.5 Å². The van der Waals surface area contributed by atoms with Gasteiger partial charge >= 0.3 is 0 Å². The standard InChI is InChI=1S/C17H13FN4O2/c1-11-3-2-4-16(21-11)17(23)22-13-5-12(18)6-14(7-13)24-15-8-19-10-20-9-15/h2-10H,1H3,(H,22,23). The Morgan fingerprint density at radius 1 is 1.12 bits per heavy atom. The molecule has 0 fully saturated rings. The molecular formula is C17H13FN4O2. The van der Waals surface area contributed by atoms with Gasteiger partial charge in [-0.1, -0.05) is 6.07 Å². The van der Waals surface area contributed by atoms with Crippen molar-refractivity contribution in [3.05, 3.63) is 72.3 Å². The first-order valence-corrected chi connectivity index (χ1v) is 7.08. The molecule has 7 heteroatoms. The second-order valence-electron chi connectivity index (χ2n) is 4.97. The van der Waals surface area contributed by atoms with Crippen molar-refractivity contribution in [2.75, 3.05) is 5.32 Å². The van der Waals surface area contributed by atoms with Crippen LogP contribution in [-0.4, -0.2) is 20.9 Å². The minimum Gasteiger partial charge on any atom is -0.454 e. The van der Waals surface area contributed by atoms with Crippen molar-refractivity contribution in [2.24, 2.45) is 0 Å². The lowest BCUT2D eigenvalue weighted by Gasteiger charge is -2.09. The van der Waals surface area contributed by atoms with E-state index in [9.17, 15) is 9.18 Å². The van der Waals surface area contributed by atoms with Crippen LogP contribution in [0.25, 0.3) is 0 Å². The Morgan fingerprint density at radius 3 is 2.67 bits per heavy atom. The van der Waals surface area contributed by atoms with E-state index in [1.165, 1.54) is 36.9 Å². The van der Waals surface area contributed by atoms with Gasteiger partial charge in [0.05, 0.1) is 12.4 Å². The van der Waals surface area contributed by atoms with Crippen LogP contribution in [0, 0.1) is 12.7 Å². The van der Waals surface area contributed by atoms with Crippen LogP contribution in [-0.2, 0) is 0 Å². The molecular weight excluding hydrogens is 311 g/mol. The van der Waals surface area contributed by atoms with E-state index in [-0.39, 0.29) is 17.1 Å². The van der Waals surface area contributed by atoms with Crippen molar-refractivity contribution >= 4 is 11.6 Å². The van der Waals surface area contributed by atoms with E-state index in [2.05, 4.69) is 20.3 Å². The predicted molar refractivity (Wildman–Crippen MR) is 85.4 cm³/mol. The van der Waals surface area contributed by atoms with Crippen molar-refractivity contribution < 1.29 is 13.9 Å². The average molecular weight is 324 g/mol. The summed E-state index contributed by atoms with van der Waals surface area (Å²) >= 11 is 0. The minimum atomic E-state index is -0.545. The molecule has 0 saturated carbocycles. The lowest BCUT2D eigenvalue weighted by Crippen LogP contribution is -2.14. The average Bonchev–Trinajstić information content (AvgIpc) is 2.55. The zero-order valence-corrected chi connectivity index (χ0v) is 12.7. The Balaban J connectivity index is 1.80. The highest BCUT2D eigenvalue weighted by molar-refractivity contribution is 6.02. The number of hydrogen-bond acceptors (Lipinski definition) is 5. The fourth-order valence-corrected chi connectivity index (χ4v) is 2.03. The molecule has 0 aliphatic rings. The lowest BCUT2D eigenvalue weighted by molar-refractivity contribution is 0.102. The monoisotopic (exact) mass is 324 g/mol. The summed E-state index contributed by atoms with van der Waals surface area (Å²) in [6.07, 6.45) is 4.26. The number of ether oxygens (including phenoxy) is 1. The Kier molecular flexibility index (Phi) is 4.42. The van der Waals surface area contributed by atoms with E-state index in [0.29, 0.717) is 5.75 Å². The molecule has 0 aliphatic heterocycles. The Hall–Kier alpha value is -3.35. The SMILES string of the molecule is Cc1cccc(C(=O)Nc2cc(F)cc(Oc3cncnc3)c2)n1. The minimum absolute atomic E-state index is 0.220. The number of pyridine rings is 1. The van der Waals surface area contributed by atoms with Gasteiger partial charge in [0.15, 0.2) is 5.75 Å². The number of rotatable bonds is 4. The summed E-state index contributed by atoms with van der Waals surface area (Å²) in [7, 11) is 0.